The van der Waals surface area contributed by atoms with Gasteiger partial charge in [-0.15, -0.1) is 0 Å². The van der Waals surface area contributed by atoms with Crippen molar-refractivity contribution >= 4 is 41.3 Å². The quantitative estimate of drug-likeness (QED) is 0.436. The van der Waals surface area contributed by atoms with Crippen LogP contribution in [0.25, 0.3) is 0 Å². The average Bonchev–Trinajstić information content (AvgIpc) is 1.67. The Balaban J connectivity index is 0. The van der Waals surface area contributed by atoms with Crippen LogP contribution in [0.15, 0.2) is 0 Å². The Hall–Kier alpha value is 0.140. The molecule has 0 radical (unpaired) electrons. The van der Waals surface area contributed by atoms with E-state index >= 15 is 0 Å². The SMILES string of the molecule is CCCC(=O)C(=O)O.[NaH]. The summed E-state index contributed by atoms with van der Waals surface area (Å²) in [6, 6.07) is 0. The van der Waals surface area contributed by atoms with Crippen molar-refractivity contribution in [3.05, 3.63) is 0 Å². The first-order valence-corrected chi connectivity index (χ1v) is 2.44. The molecule has 0 heterocycles. The van der Waals surface area contributed by atoms with E-state index in [0.717, 1.165) is 0 Å². The van der Waals surface area contributed by atoms with Crippen LogP contribution in [-0.4, -0.2) is 46.4 Å². The van der Waals surface area contributed by atoms with E-state index in [0.29, 0.717) is 6.42 Å². The zero-order valence-corrected chi connectivity index (χ0v) is 4.68. The number of carbonyl (C=O) groups excluding carboxylic acids is 1. The van der Waals surface area contributed by atoms with Gasteiger partial charge in [0.05, 0.1) is 0 Å². The van der Waals surface area contributed by atoms with Gasteiger partial charge >= 0.3 is 35.5 Å². The fourth-order valence-corrected chi connectivity index (χ4v) is 0.334. The van der Waals surface area contributed by atoms with Gasteiger partial charge in [0, 0.05) is 6.42 Å². The third kappa shape index (κ3) is 6.02. The molecule has 0 aliphatic carbocycles. The van der Waals surface area contributed by atoms with Gasteiger partial charge < -0.3 is 5.11 Å². The molecule has 0 amide bonds. The first-order chi connectivity index (χ1) is 3.68. The molecule has 0 spiro atoms. The minimum atomic E-state index is -1.33. The standard InChI is InChI=1S/C5H8O3.Na.H/c1-2-3-4(6)5(7)8;;/h2-3H2,1H3,(H,7,8);;. The summed E-state index contributed by atoms with van der Waals surface area (Å²) in [5, 5.41) is 7.96. The first kappa shape index (κ1) is 11.9. The molecule has 1 N–H and O–H groups in total. The first-order valence-electron chi connectivity index (χ1n) is 2.44. The van der Waals surface area contributed by atoms with Crippen LogP contribution in [0.3, 0.4) is 0 Å². The fourth-order valence-electron chi connectivity index (χ4n) is 0.334. The van der Waals surface area contributed by atoms with Crippen molar-refractivity contribution in [2.24, 2.45) is 0 Å². The van der Waals surface area contributed by atoms with Gasteiger partial charge in [-0.2, -0.15) is 0 Å². The topological polar surface area (TPSA) is 54.4 Å². The van der Waals surface area contributed by atoms with Gasteiger partial charge in [0.15, 0.2) is 0 Å². The van der Waals surface area contributed by atoms with Gasteiger partial charge in [0.1, 0.15) is 0 Å². The number of rotatable bonds is 3. The second-order valence-corrected chi connectivity index (χ2v) is 1.48. The number of ketones is 1. The zero-order valence-electron chi connectivity index (χ0n) is 4.68. The van der Waals surface area contributed by atoms with Crippen molar-refractivity contribution in [2.45, 2.75) is 19.8 Å². The van der Waals surface area contributed by atoms with E-state index in [1.807, 2.05) is 0 Å². The van der Waals surface area contributed by atoms with Crippen molar-refractivity contribution < 1.29 is 14.7 Å². The molecule has 0 fully saturated rings. The molecule has 0 aromatic rings. The summed E-state index contributed by atoms with van der Waals surface area (Å²) in [6.07, 6.45) is 0.750. The molecule has 0 unspecified atom stereocenters. The normalized spacial score (nSPS) is 7.67. The molecule has 0 atom stereocenters. The Morgan fingerprint density at radius 3 is 2.00 bits per heavy atom. The molecule has 3 nitrogen and oxygen atoms in total. The summed E-state index contributed by atoms with van der Waals surface area (Å²) in [6.45, 7) is 1.76. The van der Waals surface area contributed by atoms with E-state index < -0.39 is 11.8 Å². The van der Waals surface area contributed by atoms with Crippen LogP contribution in [0.1, 0.15) is 19.8 Å². The van der Waals surface area contributed by atoms with E-state index in [-0.39, 0.29) is 36.0 Å². The predicted molar refractivity (Wildman–Crippen MR) is 34.7 cm³/mol. The zero-order chi connectivity index (χ0) is 6.57. The molecule has 0 aromatic heterocycles. The molecule has 9 heavy (non-hydrogen) atoms. The minimum absolute atomic E-state index is 0. The predicted octanol–water partition coefficient (Wildman–Crippen LogP) is -0.208. The third-order valence-electron chi connectivity index (χ3n) is 0.716. The summed E-state index contributed by atoms with van der Waals surface area (Å²) in [5.74, 6) is -2.03. The Bertz CT molecular complexity index is 111. The molecule has 0 aliphatic rings. The van der Waals surface area contributed by atoms with Crippen LogP contribution in [0.2, 0.25) is 0 Å². The van der Waals surface area contributed by atoms with Gasteiger partial charge in [0.25, 0.3) is 0 Å². The van der Waals surface area contributed by atoms with E-state index in [2.05, 4.69) is 0 Å². The molecule has 0 bridgehead atoms. The van der Waals surface area contributed by atoms with Crippen LogP contribution < -0.4 is 0 Å². The summed E-state index contributed by atoms with van der Waals surface area (Å²) in [7, 11) is 0. The van der Waals surface area contributed by atoms with Gasteiger partial charge in [-0.25, -0.2) is 4.79 Å². The summed E-state index contributed by atoms with van der Waals surface area (Å²) < 4.78 is 0. The maximum absolute atomic E-state index is 10.1. The van der Waals surface area contributed by atoms with E-state index in [4.69, 9.17) is 5.11 Å². The second-order valence-electron chi connectivity index (χ2n) is 1.48. The Morgan fingerprint density at radius 2 is 1.89 bits per heavy atom. The molecular weight excluding hydrogens is 131 g/mol. The monoisotopic (exact) mass is 140 g/mol. The van der Waals surface area contributed by atoms with Gasteiger partial charge in [-0.1, -0.05) is 6.92 Å². The Morgan fingerprint density at radius 1 is 1.44 bits per heavy atom. The number of hydrogen-bond acceptors (Lipinski definition) is 2. The number of aliphatic carboxylic acids is 1. The number of carbonyl (C=O) groups is 2. The molecule has 48 valence electrons. The van der Waals surface area contributed by atoms with Crippen LogP contribution in [0.5, 0.6) is 0 Å². The van der Waals surface area contributed by atoms with Crippen molar-refractivity contribution in [3.8, 4) is 0 Å². The van der Waals surface area contributed by atoms with Crippen molar-refractivity contribution in [1.29, 1.82) is 0 Å². The van der Waals surface area contributed by atoms with Gasteiger partial charge in [-0.3, -0.25) is 4.79 Å². The van der Waals surface area contributed by atoms with Crippen LogP contribution >= 0.6 is 0 Å². The second kappa shape index (κ2) is 6.26. The molecule has 0 aliphatic heterocycles. The summed E-state index contributed by atoms with van der Waals surface area (Å²) in [4.78, 5) is 19.9. The number of carboxylic acid groups (broad SMARTS) is 1. The molecule has 0 aromatic carbocycles. The van der Waals surface area contributed by atoms with Gasteiger partial charge in [0.2, 0.25) is 5.78 Å². The third-order valence-corrected chi connectivity index (χ3v) is 0.716. The molecule has 4 heteroatoms. The van der Waals surface area contributed by atoms with Crippen molar-refractivity contribution in [2.75, 3.05) is 0 Å². The number of Topliss-reactive ketones (excluding diaryl/α,β-unsaturated/α-hetero) is 1. The number of hydrogen-bond donors (Lipinski definition) is 1. The van der Waals surface area contributed by atoms with E-state index in [1.165, 1.54) is 0 Å². The van der Waals surface area contributed by atoms with E-state index in [1.54, 1.807) is 6.92 Å². The maximum atomic E-state index is 10.1. The number of carboxylic acids is 1. The average molecular weight is 140 g/mol. The molecule has 0 rings (SSSR count). The Labute approximate surface area is 75.7 Å². The Kier molecular flexibility index (Phi) is 8.27. The molecular formula is C5H9NaO3. The van der Waals surface area contributed by atoms with Crippen molar-refractivity contribution in [3.63, 3.8) is 0 Å². The summed E-state index contributed by atoms with van der Waals surface area (Å²) >= 11 is 0. The van der Waals surface area contributed by atoms with Crippen LogP contribution in [0, 0.1) is 0 Å². The van der Waals surface area contributed by atoms with Crippen LogP contribution in [0.4, 0.5) is 0 Å². The van der Waals surface area contributed by atoms with Crippen molar-refractivity contribution in [1.82, 2.24) is 0 Å². The molecule has 0 saturated heterocycles. The van der Waals surface area contributed by atoms with Gasteiger partial charge in [-0.05, 0) is 6.42 Å². The molecule has 0 saturated carbocycles. The van der Waals surface area contributed by atoms with Crippen LogP contribution in [-0.2, 0) is 9.59 Å². The summed E-state index contributed by atoms with van der Waals surface area (Å²) in [5.41, 5.74) is 0. The van der Waals surface area contributed by atoms with E-state index in [9.17, 15) is 9.59 Å². The fraction of sp³-hybridized carbons (Fsp3) is 0.600.